The van der Waals surface area contributed by atoms with Gasteiger partial charge >= 0.3 is 0 Å². The van der Waals surface area contributed by atoms with E-state index in [0.717, 1.165) is 38.1 Å². The van der Waals surface area contributed by atoms with E-state index in [0.29, 0.717) is 70.0 Å². The predicted octanol–water partition coefficient (Wildman–Crippen LogP) is 4.25. The molecule has 1 unspecified atom stereocenters. The monoisotopic (exact) mass is 896 g/mol. The highest BCUT2D eigenvalue weighted by Gasteiger charge is 2.46. The van der Waals surface area contributed by atoms with Gasteiger partial charge in [-0.2, -0.15) is 0 Å². The quantitative estimate of drug-likeness (QED) is 0.0873. The Labute approximate surface area is 371 Å². The number of aromatic nitrogens is 1. The number of piperidine rings is 2. The number of amides is 4. The number of rotatable bonds is 17. The Balaban J connectivity index is 0.816. The number of likely N-dealkylation sites (tertiary alicyclic amines) is 1. The summed E-state index contributed by atoms with van der Waals surface area (Å²) < 4.78 is 41.4. The summed E-state index contributed by atoms with van der Waals surface area (Å²) in [6.07, 6.45) is 4.69. The van der Waals surface area contributed by atoms with Crippen LogP contribution in [-0.2, 0) is 35.6 Å². The molecule has 0 radical (unpaired) electrons. The molecule has 3 saturated heterocycles. The van der Waals surface area contributed by atoms with Gasteiger partial charge in [0, 0.05) is 85.8 Å². The van der Waals surface area contributed by atoms with Crippen molar-refractivity contribution in [2.24, 2.45) is 11.7 Å². The molecule has 8 rings (SSSR count). The first-order valence-electron chi connectivity index (χ1n) is 21.5. The van der Waals surface area contributed by atoms with Crippen LogP contribution in [0.15, 0.2) is 66.9 Å². The van der Waals surface area contributed by atoms with Gasteiger partial charge in [0.05, 0.1) is 29.6 Å². The fourth-order valence-corrected chi connectivity index (χ4v) is 10.5. The van der Waals surface area contributed by atoms with E-state index in [1.54, 1.807) is 30.3 Å². The normalized spacial score (nSPS) is 19.2. The molecule has 3 N–H and O–H groups in total. The van der Waals surface area contributed by atoms with E-state index in [1.807, 2.05) is 24.3 Å². The minimum absolute atomic E-state index is 0.0392. The molecule has 332 valence electrons. The average molecular weight is 897 g/mol. The van der Waals surface area contributed by atoms with Gasteiger partial charge in [-0.1, -0.05) is 48.6 Å². The number of sulfonamides is 1. The number of carbonyl (C=O) groups is 5. The van der Waals surface area contributed by atoms with E-state index < -0.39 is 44.9 Å². The molecule has 63 heavy (non-hydrogen) atoms. The number of imide groups is 2. The Morgan fingerprint density at radius 1 is 0.921 bits per heavy atom. The van der Waals surface area contributed by atoms with Crippen LogP contribution in [0.2, 0.25) is 0 Å². The minimum atomic E-state index is -3.33. The number of thiocarbonyl (C=S) groups is 1. The predicted molar refractivity (Wildman–Crippen MR) is 240 cm³/mol. The first-order chi connectivity index (χ1) is 30.2. The number of nitrogens with zero attached hydrogens (tertiary/aromatic N) is 4. The summed E-state index contributed by atoms with van der Waals surface area (Å²) in [5, 5.41) is 2.80. The van der Waals surface area contributed by atoms with Crippen molar-refractivity contribution in [2.75, 3.05) is 52.5 Å². The number of benzene rings is 3. The van der Waals surface area contributed by atoms with Crippen LogP contribution < -0.4 is 15.8 Å². The molecule has 4 aliphatic rings. The number of carbonyl (C=O) groups excluding carboxylic acids is 5. The van der Waals surface area contributed by atoms with Gasteiger partial charge in [-0.25, -0.2) is 12.7 Å². The molecule has 3 fully saturated rings. The maximum Gasteiger partial charge on any atom is 0.266 e. The second-order valence-corrected chi connectivity index (χ2v) is 19.9. The van der Waals surface area contributed by atoms with Gasteiger partial charge in [0.1, 0.15) is 29.2 Å². The molecule has 15 nitrogen and oxygen atoms in total. The van der Waals surface area contributed by atoms with Crippen molar-refractivity contribution in [2.45, 2.75) is 69.7 Å². The van der Waals surface area contributed by atoms with Crippen molar-refractivity contribution in [3.05, 3.63) is 89.1 Å². The lowest BCUT2D eigenvalue weighted by Crippen LogP contribution is -2.54. The molecule has 0 saturated carbocycles. The molecule has 0 bridgehead atoms. The van der Waals surface area contributed by atoms with Gasteiger partial charge < -0.3 is 19.8 Å². The number of aryl methyl sites for hydroxylation is 1. The number of nitrogens with one attached hydrogen (secondary N) is 1. The highest BCUT2D eigenvalue weighted by atomic mass is 32.2. The number of hydrogen-bond acceptors (Lipinski definition) is 11. The molecule has 1 aromatic heterocycles. The maximum absolute atomic E-state index is 13.3. The first-order valence-corrected chi connectivity index (χ1v) is 23.4. The van der Waals surface area contributed by atoms with E-state index >= 15 is 0 Å². The summed E-state index contributed by atoms with van der Waals surface area (Å²) in [4.78, 5) is 67.2. The van der Waals surface area contributed by atoms with Crippen LogP contribution in [0.5, 0.6) is 5.75 Å². The molecular formula is C46H52N6O9S2. The number of Topliss-reactive ketones (excluding diaryl/α,β-unsaturated/α-hetero) is 1. The zero-order chi connectivity index (χ0) is 44.6. The highest BCUT2D eigenvalue weighted by molar-refractivity contribution is 7.89. The first kappa shape index (κ1) is 44.3. The summed E-state index contributed by atoms with van der Waals surface area (Å²) >= 11 is 5.27. The van der Waals surface area contributed by atoms with Gasteiger partial charge in [0.15, 0.2) is 0 Å². The highest BCUT2D eigenvalue weighted by Crippen LogP contribution is 2.38. The standard InChI is InChI=1S/C46H52N6O9S2/c1-28(2)63(58,59)50-17-15-33(16-18-50)51-27-36(30-5-3-6-31(24-30)43(47)62)34-11-9-29(23-38(34)51)10-13-39(53)32-25-49(26-32)19-20-60-21-22-61-40-8-4-7-35-42(40)46(57)52(45(35)56)37-12-14-41(54)48-44(37)55/h3-9,11,23-24,27-28,32-33,37H,10,12-22,25-26H2,1-2H3,(H2,47,62)(H,48,54,55). The van der Waals surface area contributed by atoms with Gasteiger partial charge in [0.2, 0.25) is 21.8 Å². The van der Waals surface area contributed by atoms with Crippen molar-refractivity contribution in [1.82, 2.24) is 24.0 Å². The van der Waals surface area contributed by atoms with Crippen molar-refractivity contribution < 1.29 is 41.9 Å². The third-order valence-electron chi connectivity index (χ3n) is 12.7. The van der Waals surface area contributed by atoms with Crippen molar-refractivity contribution in [3.63, 3.8) is 0 Å². The summed E-state index contributed by atoms with van der Waals surface area (Å²) in [5.74, 6) is -1.92. The summed E-state index contributed by atoms with van der Waals surface area (Å²) in [6, 6.07) is 18.0. The number of hydrogen-bond donors (Lipinski definition) is 2. The number of nitrogens with two attached hydrogens (primary N) is 1. The van der Waals surface area contributed by atoms with E-state index in [9.17, 15) is 32.4 Å². The molecule has 3 aromatic carbocycles. The molecule has 17 heteroatoms. The molecule has 1 atom stereocenters. The molecule has 0 spiro atoms. The molecule has 4 aromatic rings. The van der Waals surface area contributed by atoms with Crippen molar-refractivity contribution >= 4 is 67.5 Å². The number of ether oxygens (including phenoxy) is 2. The zero-order valence-electron chi connectivity index (χ0n) is 35.4. The van der Waals surface area contributed by atoms with Crippen molar-refractivity contribution in [3.8, 4) is 16.9 Å². The Kier molecular flexibility index (Phi) is 12.9. The molecule has 0 aliphatic carbocycles. The van der Waals surface area contributed by atoms with E-state index in [1.165, 1.54) is 6.07 Å². The summed E-state index contributed by atoms with van der Waals surface area (Å²) in [6.45, 7) is 7.13. The Hall–Kier alpha value is -5.33. The lowest BCUT2D eigenvalue weighted by molar-refractivity contribution is -0.136. The van der Waals surface area contributed by atoms with E-state index in [2.05, 4.69) is 39.2 Å². The average Bonchev–Trinajstić information content (AvgIpc) is 3.75. The lowest BCUT2D eigenvalue weighted by atomic mass is 9.91. The molecular weight excluding hydrogens is 845 g/mol. The Morgan fingerprint density at radius 2 is 1.68 bits per heavy atom. The SMILES string of the molecule is CC(C)S(=O)(=O)N1CCC(n2cc(-c3cccc(C(N)=S)c3)c3ccc(CCC(=O)C4CN(CCOCCOc5cccc6c5C(=O)N(C5CCC(=O)NC5=O)C6=O)C4)cc32)CC1. The smallest absolute Gasteiger partial charge is 0.266 e. The molecule has 5 heterocycles. The number of fused-ring (bicyclic) bond motifs is 2. The third kappa shape index (κ3) is 9.07. The second-order valence-electron chi connectivity index (χ2n) is 17.0. The van der Waals surface area contributed by atoms with Crippen LogP contribution in [0, 0.1) is 5.92 Å². The van der Waals surface area contributed by atoms with Gasteiger partial charge in [-0.05, 0) is 74.9 Å². The van der Waals surface area contributed by atoms with Crippen LogP contribution in [0.25, 0.3) is 22.0 Å². The third-order valence-corrected chi connectivity index (χ3v) is 15.2. The van der Waals surface area contributed by atoms with Gasteiger partial charge in [-0.15, -0.1) is 0 Å². The Morgan fingerprint density at radius 3 is 2.41 bits per heavy atom. The topological polar surface area (TPSA) is 191 Å². The summed E-state index contributed by atoms with van der Waals surface area (Å²) in [7, 11) is -3.33. The second kappa shape index (κ2) is 18.4. The largest absolute Gasteiger partial charge is 0.490 e. The van der Waals surface area contributed by atoms with Crippen LogP contribution in [0.1, 0.15) is 83.8 Å². The minimum Gasteiger partial charge on any atom is -0.490 e. The fraction of sp³-hybridized carbons (Fsp3) is 0.435. The van der Waals surface area contributed by atoms with Gasteiger partial charge in [0.25, 0.3) is 11.8 Å². The van der Waals surface area contributed by atoms with Crippen LogP contribution >= 0.6 is 12.2 Å². The van der Waals surface area contributed by atoms with E-state index in [-0.39, 0.29) is 60.7 Å². The van der Waals surface area contributed by atoms with Crippen LogP contribution in [-0.4, -0.2) is 125 Å². The van der Waals surface area contributed by atoms with Crippen LogP contribution in [0.3, 0.4) is 0 Å². The number of ketones is 1. The van der Waals surface area contributed by atoms with Crippen molar-refractivity contribution in [1.29, 1.82) is 0 Å². The molecule has 4 amide bonds. The van der Waals surface area contributed by atoms with Gasteiger partial charge in [-0.3, -0.25) is 39.1 Å². The summed E-state index contributed by atoms with van der Waals surface area (Å²) in [5.41, 5.74) is 11.2. The fourth-order valence-electron chi connectivity index (χ4n) is 9.04. The van der Waals surface area contributed by atoms with E-state index in [4.69, 9.17) is 27.4 Å². The Bertz CT molecular complexity index is 2590. The maximum atomic E-state index is 13.3. The molecule has 4 aliphatic heterocycles. The zero-order valence-corrected chi connectivity index (χ0v) is 37.0. The van der Waals surface area contributed by atoms with Crippen LogP contribution in [0.4, 0.5) is 0 Å². The lowest BCUT2D eigenvalue weighted by Gasteiger charge is -2.38.